The van der Waals surface area contributed by atoms with Crippen LogP contribution in [0.3, 0.4) is 0 Å². The van der Waals surface area contributed by atoms with E-state index in [9.17, 15) is 9.59 Å². The van der Waals surface area contributed by atoms with Crippen molar-refractivity contribution in [3.63, 3.8) is 0 Å². The number of primary amides is 2. The fourth-order valence-corrected chi connectivity index (χ4v) is 3.51. The zero-order chi connectivity index (χ0) is 23.5. The molecule has 2 aliphatic rings. The highest BCUT2D eigenvalue weighted by atomic mass is 16.5. The standard InChI is InChI=1S/C18H14N2O.C8H8N2O2/c19-13-5-7-14(8-6-13)21-16-10-9-15-11-1-3-12(4-2-11)17(16)18(15)20;9-7(11)5-1-2-6(4-3-5)8(10)12/h1-10H,19-20H2;1-4H,(H2,9,11)(H2,10,12). The maximum Gasteiger partial charge on any atom is 0.248 e. The van der Waals surface area contributed by atoms with E-state index in [1.54, 1.807) is 0 Å². The number of anilines is 2. The molecule has 0 spiro atoms. The third kappa shape index (κ3) is 4.47. The molecule has 0 unspecified atom stereocenters. The largest absolute Gasteiger partial charge is 0.457 e. The number of amides is 2. The zero-order valence-corrected chi connectivity index (χ0v) is 17.6. The van der Waals surface area contributed by atoms with Crippen molar-refractivity contribution in [3.8, 4) is 33.8 Å². The van der Waals surface area contributed by atoms with Gasteiger partial charge in [0.2, 0.25) is 11.8 Å². The van der Waals surface area contributed by atoms with Crippen molar-refractivity contribution in [1.29, 1.82) is 0 Å². The van der Waals surface area contributed by atoms with Gasteiger partial charge in [0.05, 0.1) is 5.69 Å². The van der Waals surface area contributed by atoms with Gasteiger partial charge < -0.3 is 27.7 Å². The Bertz CT molecular complexity index is 1300. The molecule has 8 N–H and O–H groups in total. The van der Waals surface area contributed by atoms with Gasteiger partial charge >= 0.3 is 0 Å². The molecule has 33 heavy (non-hydrogen) atoms. The molecular weight excluding hydrogens is 416 g/mol. The molecule has 4 bridgehead atoms. The second-order valence-electron chi connectivity index (χ2n) is 7.45. The molecule has 0 saturated carbocycles. The van der Waals surface area contributed by atoms with Crippen LogP contribution in [-0.4, -0.2) is 11.8 Å². The monoisotopic (exact) mass is 438 g/mol. The molecule has 7 nitrogen and oxygen atoms in total. The molecule has 0 atom stereocenters. The molecule has 0 radical (unpaired) electrons. The molecule has 0 saturated heterocycles. The van der Waals surface area contributed by atoms with Gasteiger partial charge in [-0.1, -0.05) is 24.3 Å². The first-order valence-electron chi connectivity index (χ1n) is 10.1. The SMILES string of the molecule is NC(=O)c1ccc(C(N)=O)cc1.Nc1ccc(Oc2ccc3c(N)c2-c2ccc-3cc2)cc1. The number of ether oxygens (including phenoxy) is 1. The molecular formula is C26H22N4O3. The van der Waals surface area contributed by atoms with Gasteiger partial charge in [-0.3, -0.25) is 9.59 Å². The van der Waals surface area contributed by atoms with E-state index in [1.807, 2.05) is 36.4 Å². The van der Waals surface area contributed by atoms with Gasteiger partial charge in [-0.05, 0) is 71.8 Å². The maximum atomic E-state index is 10.6. The molecule has 0 aromatic heterocycles. The third-order valence-corrected chi connectivity index (χ3v) is 5.25. The van der Waals surface area contributed by atoms with Crippen LogP contribution >= 0.6 is 0 Å². The molecule has 0 aliphatic heterocycles. The lowest BCUT2D eigenvalue weighted by Crippen LogP contribution is -2.13. The molecule has 4 aromatic carbocycles. The van der Waals surface area contributed by atoms with E-state index in [1.165, 1.54) is 24.3 Å². The summed E-state index contributed by atoms with van der Waals surface area (Å²) in [5.41, 5.74) is 28.4. The van der Waals surface area contributed by atoms with Crippen molar-refractivity contribution >= 4 is 23.2 Å². The average Bonchev–Trinajstić information content (AvgIpc) is 2.94. The van der Waals surface area contributed by atoms with E-state index in [4.69, 9.17) is 27.7 Å². The van der Waals surface area contributed by atoms with Gasteiger partial charge in [-0.25, -0.2) is 0 Å². The fourth-order valence-electron chi connectivity index (χ4n) is 3.51. The van der Waals surface area contributed by atoms with Crippen molar-refractivity contribution in [2.75, 3.05) is 11.5 Å². The van der Waals surface area contributed by atoms with E-state index >= 15 is 0 Å². The normalized spacial score (nSPS) is 10.5. The Morgan fingerprint density at radius 2 is 1.12 bits per heavy atom. The summed E-state index contributed by atoms with van der Waals surface area (Å²) in [5.74, 6) is 0.457. The van der Waals surface area contributed by atoms with Gasteiger partial charge in [-0.15, -0.1) is 0 Å². The van der Waals surface area contributed by atoms with Gasteiger partial charge in [0.15, 0.2) is 0 Å². The van der Waals surface area contributed by atoms with Crippen molar-refractivity contribution in [3.05, 3.63) is 96.1 Å². The van der Waals surface area contributed by atoms with E-state index in [2.05, 4.69) is 24.3 Å². The highest BCUT2D eigenvalue weighted by Gasteiger charge is 2.19. The van der Waals surface area contributed by atoms with Crippen LogP contribution in [0.1, 0.15) is 20.7 Å². The Hall–Kier alpha value is -4.78. The second kappa shape index (κ2) is 8.76. The highest BCUT2D eigenvalue weighted by molar-refractivity contribution is 5.97. The predicted molar refractivity (Wildman–Crippen MR) is 130 cm³/mol. The van der Waals surface area contributed by atoms with Crippen molar-refractivity contribution in [1.82, 2.24) is 0 Å². The summed E-state index contributed by atoms with van der Waals surface area (Å²) in [7, 11) is 0. The number of hydrogen-bond acceptors (Lipinski definition) is 5. The van der Waals surface area contributed by atoms with Crippen LogP contribution in [0.2, 0.25) is 0 Å². The number of benzene rings is 4. The van der Waals surface area contributed by atoms with Gasteiger partial charge in [0.25, 0.3) is 0 Å². The van der Waals surface area contributed by atoms with Gasteiger partial charge in [0.1, 0.15) is 11.5 Å². The summed E-state index contributed by atoms with van der Waals surface area (Å²) in [6.45, 7) is 0. The molecule has 2 amide bonds. The zero-order valence-electron chi connectivity index (χ0n) is 17.6. The summed E-state index contributed by atoms with van der Waals surface area (Å²) >= 11 is 0. The Morgan fingerprint density at radius 3 is 1.64 bits per heavy atom. The molecule has 2 aliphatic carbocycles. The van der Waals surface area contributed by atoms with Gasteiger partial charge in [0, 0.05) is 27.9 Å². The minimum absolute atomic E-state index is 0.361. The number of nitrogen functional groups attached to an aromatic ring is 2. The van der Waals surface area contributed by atoms with E-state index in [-0.39, 0.29) is 0 Å². The minimum atomic E-state index is -0.522. The molecule has 7 heteroatoms. The van der Waals surface area contributed by atoms with Gasteiger partial charge in [-0.2, -0.15) is 0 Å². The lowest BCUT2D eigenvalue weighted by molar-refractivity contribution is 0.0988. The molecule has 6 rings (SSSR count). The Kier molecular flexibility index (Phi) is 5.69. The highest BCUT2D eigenvalue weighted by Crippen LogP contribution is 2.45. The third-order valence-electron chi connectivity index (χ3n) is 5.25. The average molecular weight is 438 g/mol. The van der Waals surface area contributed by atoms with Crippen LogP contribution < -0.4 is 27.7 Å². The molecule has 164 valence electrons. The van der Waals surface area contributed by atoms with Crippen molar-refractivity contribution in [2.24, 2.45) is 11.5 Å². The topological polar surface area (TPSA) is 147 Å². The van der Waals surface area contributed by atoms with Crippen LogP contribution in [-0.2, 0) is 0 Å². The van der Waals surface area contributed by atoms with Crippen LogP contribution in [0.4, 0.5) is 11.4 Å². The molecule has 0 heterocycles. The van der Waals surface area contributed by atoms with E-state index in [0.29, 0.717) is 16.8 Å². The van der Waals surface area contributed by atoms with Crippen LogP contribution in [0.25, 0.3) is 22.3 Å². The number of hydrogen-bond donors (Lipinski definition) is 4. The quantitative estimate of drug-likeness (QED) is 0.311. The van der Waals surface area contributed by atoms with Crippen molar-refractivity contribution in [2.45, 2.75) is 0 Å². The maximum absolute atomic E-state index is 10.6. The first-order valence-corrected chi connectivity index (χ1v) is 10.1. The summed E-state index contributed by atoms with van der Waals surface area (Å²) in [4.78, 5) is 21.2. The Labute approximate surface area is 190 Å². The summed E-state index contributed by atoms with van der Waals surface area (Å²) in [6, 6.07) is 25.5. The molecule has 4 aromatic rings. The Balaban J connectivity index is 0.000000185. The number of rotatable bonds is 4. The van der Waals surface area contributed by atoms with Crippen molar-refractivity contribution < 1.29 is 14.3 Å². The summed E-state index contributed by atoms with van der Waals surface area (Å²) < 4.78 is 6.00. The van der Waals surface area contributed by atoms with Crippen LogP contribution in [0, 0.1) is 0 Å². The Morgan fingerprint density at radius 1 is 0.606 bits per heavy atom. The molecule has 0 fully saturated rings. The van der Waals surface area contributed by atoms with Crippen LogP contribution in [0.5, 0.6) is 11.5 Å². The fraction of sp³-hybridized carbons (Fsp3) is 0. The van der Waals surface area contributed by atoms with E-state index in [0.717, 1.165) is 39.4 Å². The summed E-state index contributed by atoms with van der Waals surface area (Å²) in [5, 5.41) is 0. The predicted octanol–water partition coefficient (Wildman–Crippen LogP) is 4.18. The number of carbonyl (C=O) groups excluding carboxylic acids is 2. The van der Waals surface area contributed by atoms with E-state index < -0.39 is 11.8 Å². The minimum Gasteiger partial charge on any atom is -0.457 e. The second-order valence-corrected chi connectivity index (χ2v) is 7.45. The number of nitrogens with two attached hydrogens (primary N) is 4. The smallest absolute Gasteiger partial charge is 0.248 e. The summed E-state index contributed by atoms with van der Waals surface area (Å²) in [6.07, 6.45) is 0. The first-order chi connectivity index (χ1) is 15.8. The number of fused-ring (bicyclic) bond motifs is 2. The van der Waals surface area contributed by atoms with Crippen LogP contribution in [0.15, 0.2) is 84.9 Å². The lowest BCUT2D eigenvalue weighted by atomic mass is 10.0. The first kappa shape index (κ1) is 21.5. The lowest BCUT2D eigenvalue weighted by Gasteiger charge is -2.14. The number of carbonyl (C=O) groups is 2.